The molecule has 0 bridgehead atoms. The molecule has 1 aliphatic carbocycles. The van der Waals surface area contributed by atoms with Crippen LogP contribution in [0.3, 0.4) is 0 Å². The number of Topliss-reactive ketones (excluding diaryl/α,β-unsaturated/α-hetero) is 2. The van der Waals surface area contributed by atoms with E-state index in [9.17, 15) is 9.59 Å². The summed E-state index contributed by atoms with van der Waals surface area (Å²) < 4.78 is 5.52. The van der Waals surface area contributed by atoms with Crippen LogP contribution >= 0.6 is 11.6 Å². The summed E-state index contributed by atoms with van der Waals surface area (Å²) in [4.78, 5) is 33.3. The highest BCUT2D eigenvalue weighted by Gasteiger charge is 2.60. The van der Waals surface area contributed by atoms with E-state index in [1.807, 2.05) is 49.5 Å². The van der Waals surface area contributed by atoms with E-state index < -0.39 is 17.9 Å². The van der Waals surface area contributed by atoms with Crippen LogP contribution in [0.4, 0.5) is 0 Å². The first-order valence-electron chi connectivity index (χ1n) is 11.4. The lowest BCUT2D eigenvalue weighted by Crippen LogP contribution is -2.42. The quantitative estimate of drug-likeness (QED) is 0.639. The van der Waals surface area contributed by atoms with Crippen LogP contribution in [0.2, 0.25) is 5.02 Å². The van der Waals surface area contributed by atoms with E-state index in [4.69, 9.17) is 21.2 Å². The van der Waals surface area contributed by atoms with E-state index in [1.54, 1.807) is 5.06 Å². The second kappa shape index (κ2) is 8.71. The number of carbonyl (C=O) groups is 2. The SMILES string of the molecule is CCc1ccc(-c2ccc(Cl)cc2)cc1C1C(=O)[C@@H]2[C@@H](ON(C)[C@H]2C2CCOCC2)C1=O. The molecule has 2 aliphatic heterocycles. The smallest absolute Gasteiger partial charge is 0.179 e. The van der Waals surface area contributed by atoms with Gasteiger partial charge in [0.1, 0.15) is 12.0 Å². The molecule has 0 aromatic heterocycles. The van der Waals surface area contributed by atoms with Crippen molar-refractivity contribution in [3.8, 4) is 11.1 Å². The van der Waals surface area contributed by atoms with Crippen molar-refractivity contribution in [3.05, 3.63) is 58.6 Å². The number of halogens is 1. The Morgan fingerprint density at radius 1 is 1.00 bits per heavy atom. The second-order valence-corrected chi connectivity index (χ2v) is 9.49. The van der Waals surface area contributed by atoms with E-state index >= 15 is 0 Å². The van der Waals surface area contributed by atoms with Crippen LogP contribution in [0.1, 0.15) is 36.8 Å². The number of ether oxygens (including phenoxy) is 1. The fourth-order valence-corrected chi connectivity index (χ4v) is 5.85. The summed E-state index contributed by atoms with van der Waals surface area (Å²) in [6.07, 6.45) is 1.85. The standard InChI is InChI=1S/C26H28ClNO4/c1-3-15-4-5-18(16-6-8-19(27)9-7-16)14-20(15)21-24(29)22-23(17-10-12-31-13-11-17)28(2)32-26(22)25(21)30/h4-9,14,17,21-23,26H,3,10-13H2,1-2H3/t21?,22-,23+,26-/m1/s1. The maximum atomic E-state index is 13.8. The van der Waals surface area contributed by atoms with Gasteiger partial charge in [0.05, 0.1) is 12.0 Å². The molecule has 0 radical (unpaired) electrons. The Labute approximate surface area is 193 Å². The Balaban J connectivity index is 1.51. The van der Waals surface area contributed by atoms with Crippen molar-refractivity contribution < 1.29 is 19.2 Å². The molecule has 5 nitrogen and oxygen atoms in total. The molecule has 2 saturated heterocycles. The first kappa shape index (κ1) is 21.8. The molecule has 2 aromatic carbocycles. The minimum absolute atomic E-state index is 0.00352. The first-order valence-corrected chi connectivity index (χ1v) is 11.8. The highest BCUT2D eigenvalue weighted by atomic mass is 35.5. The van der Waals surface area contributed by atoms with Crippen LogP contribution in [0, 0.1) is 11.8 Å². The zero-order valence-electron chi connectivity index (χ0n) is 18.4. The van der Waals surface area contributed by atoms with Crippen LogP contribution in [-0.2, 0) is 25.6 Å². The molecule has 5 rings (SSSR count). The Kier molecular flexibility index (Phi) is 5.93. The van der Waals surface area contributed by atoms with Gasteiger partial charge < -0.3 is 4.74 Å². The van der Waals surface area contributed by atoms with Gasteiger partial charge in [-0.05, 0) is 65.6 Å². The predicted molar refractivity (Wildman–Crippen MR) is 122 cm³/mol. The Morgan fingerprint density at radius 3 is 2.38 bits per heavy atom. The number of ketones is 2. The number of rotatable bonds is 4. The third-order valence-corrected chi connectivity index (χ3v) is 7.59. The number of benzene rings is 2. The van der Waals surface area contributed by atoms with Gasteiger partial charge in [-0.1, -0.05) is 42.8 Å². The zero-order valence-corrected chi connectivity index (χ0v) is 19.2. The van der Waals surface area contributed by atoms with Crippen molar-refractivity contribution >= 4 is 23.2 Å². The number of hydrogen-bond acceptors (Lipinski definition) is 5. The monoisotopic (exact) mass is 453 g/mol. The van der Waals surface area contributed by atoms with Crippen molar-refractivity contribution in [1.82, 2.24) is 5.06 Å². The first-order chi connectivity index (χ1) is 15.5. The van der Waals surface area contributed by atoms with Gasteiger partial charge in [-0.2, -0.15) is 5.06 Å². The van der Waals surface area contributed by atoms with Crippen LogP contribution < -0.4 is 0 Å². The molecule has 2 aromatic rings. The summed E-state index contributed by atoms with van der Waals surface area (Å²) >= 11 is 6.05. The van der Waals surface area contributed by atoms with E-state index in [0.717, 1.165) is 41.5 Å². The van der Waals surface area contributed by atoms with Crippen molar-refractivity contribution in [2.45, 2.75) is 44.2 Å². The molecule has 3 fully saturated rings. The molecule has 1 saturated carbocycles. The van der Waals surface area contributed by atoms with Crippen molar-refractivity contribution in [2.75, 3.05) is 20.3 Å². The van der Waals surface area contributed by atoms with Crippen LogP contribution in [0.15, 0.2) is 42.5 Å². The second-order valence-electron chi connectivity index (χ2n) is 9.05. The summed E-state index contributed by atoms with van der Waals surface area (Å²) in [6.45, 7) is 3.45. The van der Waals surface area contributed by atoms with E-state index in [1.165, 1.54) is 0 Å². The molecule has 32 heavy (non-hydrogen) atoms. The van der Waals surface area contributed by atoms with Crippen LogP contribution in [0.25, 0.3) is 11.1 Å². The van der Waals surface area contributed by atoms with Gasteiger partial charge in [0.25, 0.3) is 0 Å². The molecule has 0 amide bonds. The predicted octanol–water partition coefficient (Wildman–Crippen LogP) is 4.46. The molecule has 2 heterocycles. The van der Waals surface area contributed by atoms with Gasteiger partial charge >= 0.3 is 0 Å². The Bertz CT molecular complexity index is 1030. The van der Waals surface area contributed by atoms with Gasteiger partial charge in [0, 0.05) is 25.3 Å². The number of fused-ring (bicyclic) bond motifs is 1. The zero-order chi connectivity index (χ0) is 22.4. The topological polar surface area (TPSA) is 55.8 Å². The molecule has 3 aliphatic rings. The van der Waals surface area contributed by atoms with Crippen molar-refractivity contribution in [2.24, 2.45) is 11.8 Å². The lowest BCUT2D eigenvalue weighted by Gasteiger charge is -2.33. The molecule has 6 heteroatoms. The third-order valence-electron chi connectivity index (χ3n) is 7.34. The molecule has 4 atom stereocenters. The van der Waals surface area contributed by atoms with Gasteiger partial charge in [-0.25, -0.2) is 0 Å². The number of hydrogen-bond donors (Lipinski definition) is 0. The Morgan fingerprint density at radius 2 is 1.69 bits per heavy atom. The molecule has 0 N–H and O–H groups in total. The number of nitrogens with zero attached hydrogens (tertiary/aromatic N) is 1. The van der Waals surface area contributed by atoms with E-state index in [2.05, 4.69) is 6.92 Å². The van der Waals surface area contributed by atoms with Gasteiger partial charge in [-0.15, -0.1) is 0 Å². The van der Waals surface area contributed by atoms with Gasteiger partial charge in [0.15, 0.2) is 11.6 Å². The number of carbonyl (C=O) groups excluding carboxylic acids is 2. The normalized spacial score (nSPS) is 29.0. The summed E-state index contributed by atoms with van der Waals surface area (Å²) in [7, 11) is 1.85. The number of aryl methyl sites for hydroxylation is 1. The third kappa shape index (κ3) is 3.61. The summed E-state index contributed by atoms with van der Waals surface area (Å²) in [5.74, 6) is -0.980. The summed E-state index contributed by atoms with van der Waals surface area (Å²) in [5, 5.41) is 2.44. The minimum Gasteiger partial charge on any atom is -0.381 e. The van der Waals surface area contributed by atoms with E-state index in [-0.39, 0.29) is 17.6 Å². The highest BCUT2D eigenvalue weighted by Crippen LogP contribution is 2.46. The highest BCUT2D eigenvalue weighted by molar-refractivity contribution is 6.30. The van der Waals surface area contributed by atoms with Crippen LogP contribution in [0.5, 0.6) is 0 Å². The van der Waals surface area contributed by atoms with Gasteiger partial charge in [-0.3, -0.25) is 14.4 Å². The van der Waals surface area contributed by atoms with Gasteiger partial charge in [0.2, 0.25) is 0 Å². The maximum absolute atomic E-state index is 13.8. The average Bonchev–Trinajstić information content (AvgIpc) is 3.27. The largest absolute Gasteiger partial charge is 0.381 e. The van der Waals surface area contributed by atoms with Crippen LogP contribution in [-0.4, -0.2) is 49.0 Å². The molecular weight excluding hydrogens is 426 g/mol. The fourth-order valence-electron chi connectivity index (χ4n) is 5.73. The lowest BCUT2D eigenvalue weighted by molar-refractivity contribution is -0.167. The lowest BCUT2D eigenvalue weighted by atomic mass is 9.80. The average molecular weight is 454 g/mol. The maximum Gasteiger partial charge on any atom is 0.179 e. The molecule has 1 unspecified atom stereocenters. The van der Waals surface area contributed by atoms with E-state index in [0.29, 0.717) is 24.2 Å². The summed E-state index contributed by atoms with van der Waals surface area (Å²) in [5.41, 5.74) is 3.84. The molecule has 168 valence electrons. The molecular formula is C26H28ClNO4. The molecule has 0 spiro atoms. The summed E-state index contributed by atoms with van der Waals surface area (Å²) in [6, 6.07) is 13.6. The van der Waals surface area contributed by atoms with Crippen molar-refractivity contribution in [1.29, 1.82) is 0 Å². The Hall–Kier alpha value is -2.05. The minimum atomic E-state index is -0.761. The van der Waals surface area contributed by atoms with Crippen molar-refractivity contribution in [3.63, 3.8) is 0 Å². The number of hydroxylamine groups is 2. The fraction of sp³-hybridized carbons (Fsp3) is 0.462.